The summed E-state index contributed by atoms with van der Waals surface area (Å²) in [7, 11) is -1.74. The van der Waals surface area contributed by atoms with Crippen LogP contribution in [0.4, 0.5) is 5.69 Å². The second-order valence-corrected chi connectivity index (χ2v) is 7.28. The van der Waals surface area contributed by atoms with Crippen molar-refractivity contribution in [2.45, 2.75) is 18.3 Å². The predicted molar refractivity (Wildman–Crippen MR) is 87.2 cm³/mol. The SMILES string of the molecule is COC1CCN(S(=O)(=O)Cc2ccccc2)c2ccccc21. The number of ether oxygens (including phenoxy) is 1. The van der Waals surface area contributed by atoms with Crippen LogP contribution < -0.4 is 4.31 Å². The monoisotopic (exact) mass is 317 g/mol. The fraction of sp³-hybridized carbons (Fsp3) is 0.294. The standard InChI is InChI=1S/C17H19NO3S/c1-21-17-11-12-18(16-10-6-5-9-15(16)17)22(19,20)13-14-7-3-2-4-8-14/h2-10,17H,11-13H2,1H3. The van der Waals surface area contributed by atoms with E-state index < -0.39 is 10.0 Å². The first kappa shape index (κ1) is 15.1. The van der Waals surface area contributed by atoms with Gasteiger partial charge in [-0.1, -0.05) is 48.5 Å². The fourth-order valence-corrected chi connectivity index (χ4v) is 4.51. The van der Waals surface area contributed by atoms with Crippen molar-refractivity contribution in [3.05, 3.63) is 65.7 Å². The third-order valence-electron chi connectivity index (χ3n) is 3.96. The zero-order valence-corrected chi connectivity index (χ0v) is 13.3. The average molecular weight is 317 g/mol. The highest BCUT2D eigenvalue weighted by atomic mass is 32.2. The lowest BCUT2D eigenvalue weighted by molar-refractivity contribution is 0.0951. The highest BCUT2D eigenvalue weighted by Gasteiger charge is 2.31. The quantitative estimate of drug-likeness (QED) is 0.870. The highest BCUT2D eigenvalue weighted by molar-refractivity contribution is 7.92. The summed E-state index contributed by atoms with van der Waals surface area (Å²) in [4.78, 5) is 0. The Morgan fingerprint density at radius 2 is 1.77 bits per heavy atom. The first-order chi connectivity index (χ1) is 10.6. The smallest absolute Gasteiger partial charge is 0.239 e. The van der Waals surface area contributed by atoms with E-state index in [0.29, 0.717) is 13.0 Å². The van der Waals surface area contributed by atoms with Crippen molar-refractivity contribution in [1.82, 2.24) is 0 Å². The number of rotatable bonds is 4. The first-order valence-electron chi connectivity index (χ1n) is 7.28. The van der Waals surface area contributed by atoms with Crippen LogP contribution in [0.25, 0.3) is 0 Å². The molecule has 1 heterocycles. The third-order valence-corrected chi connectivity index (χ3v) is 5.71. The summed E-state index contributed by atoms with van der Waals surface area (Å²) in [5.41, 5.74) is 2.47. The van der Waals surface area contributed by atoms with Gasteiger partial charge in [0.2, 0.25) is 10.0 Å². The van der Waals surface area contributed by atoms with Gasteiger partial charge >= 0.3 is 0 Å². The molecule has 0 bridgehead atoms. The van der Waals surface area contributed by atoms with Crippen LogP contribution in [0.5, 0.6) is 0 Å². The molecule has 0 radical (unpaired) electrons. The topological polar surface area (TPSA) is 46.6 Å². The lowest BCUT2D eigenvalue weighted by Crippen LogP contribution is -2.37. The van der Waals surface area contributed by atoms with Gasteiger partial charge in [0.25, 0.3) is 0 Å². The molecule has 0 aliphatic carbocycles. The average Bonchev–Trinajstić information content (AvgIpc) is 2.54. The predicted octanol–water partition coefficient (Wildman–Crippen LogP) is 3.11. The molecule has 4 nitrogen and oxygen atoms in total. The molecular weight excluding hydrogens is 298 g/mol. The Morgan fingerprint density at radius 3 is 2.50 bits per heavy atom. The minimum Gasteiger partial charge on any atom is -0.377 e. The van der Waals surface area contributed by atoms with Gasteiger partial charge in [-0.25, -0.2) is 8.42 Å². The molecular formula is C17H19NO3S. The van der Waals surface area contributed by atoms with Gasteiger partial charge in [0, 0.05) is 19.2 Å². The van der Waals surface area contributed by atoms with E-state index in [2.05, 4.69) is 0 Å². The minimum atomic E-state index is -3.40. The van der Waals surface area contributed by atoms with Crippen molar-refractivity contribution in [3.63, 3.8) is 0 Å². The molecule has 0 saturated carbocycles. The van der Waals surface area contributed by atoms with Gasteiger partial charge in [0.05, 0.1) is 17.5 Å². The zero-order chi connectivity index (χ0) is 15.6. The van der Waals surface area contributed by atoms with Crippen LogP contribution in [0.1, 0.15) is 23.7 Å². The van der Waals surface area contributed by atoms with Gasteiger partial charge in [0.1, 0.15) is 0 Å². The Balaban J connectivity index is 1.95. The molecule has 1 aliphatic heterocycles. The maximum atomic E-state index is 12.8. The molecule has 1 aliphatic rings. The van der Waals surface area contributed by atoms with E-state index in [1.807, 2.05) is 54.6 Å². The Kier molecular flexibility index (Phi) is 4.18. The summed E-state index contributed by atoms with van der Waals surface area (Å²) in [5, 5.41) is 0. The summed E-state index contributed by atoms with van der Waals surface area (Å²) in [6.45, 7) is 0.449. The first-order valence-corrected chi connectivity index (χ1v) is 8.89. The Hall–Kier alpha value is -1.85. The second-order valence-electron chi connectivity index (χ2n) is 5.39. The van der Waals surface area contributed by atoms with Gasteiger partial charge < -0.3 is 4.74 Å². The summed E-state index contributed by atoms with van der Waals surface area (Å²) < 4.78 is 32.6. The van der Waals surface area contributed by atoms with E-state index in [1.165, 1.54) is 4.31 Å². The number of nitrogens with zero attached hydrogens (tertiary/aromatic N) is 1. The molecule has 1 unspecified atom stereocenters. The number of fused-ring (bicyclic) bond motifs is 1. The van der Waals surface area contributed by atoms with Crippen LogP contribution in [-0.4, -0.2) is 22.1 Å². The molecule has 2 aromatic rings. The highest BCUT2D eigenvalue weighted by Crippen LogP contribution is 2.37. The third kappa shape index (κ3) is 2.87. The molecule has 0 amide bonds. The Bertz CT molecular complexity index is 744. The molecule has 2 aromatic carbocycles. The molecule has 116 valence electrons. The number of hydrogen-bond acceptors (Lipinski definition) is 3. The van der Waals surface area contributed by atoms with Crippen molar-refractivity contribution in [2.75, 3.05) is 18.0 Å². The molecule has 0 aromatic heterocycles. The number of sulfonamides is 1. The number of anilines is 1. The number of benzene rings is 2. The number of para-hydroxylation sites is 1. The van der Waals surface area contributed by atoms with Gasteiger partial charge in [-0.05, 0) is 18.1 Å². The normalized spacial score (nSPS) is 18.0. The van der Waals surface area contributed by atoms with Crippen LogP contribution in [-0.2, 0) is 20.5 Å². The van der Waals surface area contributed by atoms with Crippen molar-refractivity contribution in [2.24, 2.45) is 0 Å². The van der Waals surface area contributed by atoms with Crippen molar-refractivity contribution < 1.29 is 13.2 Å². The molecule has 1 atom stereocenters. The molecule has 0 fully saturated rings. The van der Waals surface area contributed by atoms with E-state index in [4.69, 9.17) is 4.74 Å². The Labute approximate surface area is 131 Å². The van der Waals surface area contributed by atoms with E-state index >= 15 is 0 Å². The minimum absolute atomic E-state index is 0.0137. The molecule has 3 rings (SSSR count). The summed E-state index contributed by atoms with van der Waals surface area (Å²) >= 11 is 0. The van der Waals surface area contributed by atoms with Crippen molar-refractivity contribution in [3.8, 4) is 0 Å². The maximum absolute atomic E-state index is 12.8. The van der Waals surface area contributed by atoms with Crippen LogP contribution >= 0.6 is 0 Å². The van der Waals surface area contributed by atoms with Crippen molar-refractivity contribution >= 4 is 15.7 Å². The van der Waals surface area contributed by atoms with Gasteiger partial charge in [0.15, 0.2) is 0 Å². The van der Waals surface area contributed by atoms with Crippen LogP contribution in [0.3, 0.4) is 0 Å². The fourth-order valence-electron chi connectivity index (χ4n) is 2.89. The van der Waals surface area contributed by atoms with Crippen LogP contribution in [0.2, 0.25) is 0 Å². The molecule has 22 heavy (non-hydrogen) atoms. The number of hydrogen-bond donors (Lipinski definition) is 0. The lowest BCUT2D eigenvalue weighted by Gasteiger charge is -2.34. The second kappa shape index (κ2) is 6.10. The Morgan fingerprint density at radius 1 is 1.09 bits per heavy atom. The van der Waals surface area contributed by atoms with E-state index in [1.54, 1.807) is 7.11 Å². The largest absolute Gasteiger partial charge is 0.377 e. The van der Waals surface area contributed by atoms with Gasteiger partial charge in [-0.15, -0.1) is 0 Å². The van der Waals surface area contributed by atoms with E-state index in [9.17, 15) is 8.42 Å². The lowest BCUT2D eigenvalue weighted by atomic mass is 10.0. The summed E-state index contributed by atoms with van der Waals surface area (Å²) in [5.74, 6) is 0.0137. The molecule has 5 heteroatoms. The van der Waals surface area contributed by atoms with Crippen LogP contribution in [0.15, 0.2) is 54.6 Å². The van der Waals surface area contributed by atoms with E-state index in [0.717, 1.165) is 16.8 Å². The van der Waals surface area contributed by atoms with Crippen LogP contribution in [0, 0.1) is 0 Å². The molecule has 0 N–H and O–H groups in total. The number of methoxy groups -OCH3 is 1. The van der Waals surface area contributed by atoms with E-state index in [-0.39, 0.29) is 11.9 Å². The van der Waals surface area contributed by atoms with Gasteiger partial charge in [-0.2, -0.15) is 0 Å². The van der Waals surface area contributed by atoms with Gasteiger partial charge in [-0.3, -0.25) is 4.31 Å². The summed E-state index contributed by atoms with van der Waals surface area (Å²) in [6.07, 6.45) is 0.626. The zero-order valence-electron chi connectivity index (χ0n) is 12.5. The van der Waals surface area contributed by atoms with Crippen molar-refractivity contribution in [1.29, 1.82) is 0 Å². The molecule has 0 spiro atoms. The summed E-state index contributed by atoms with van der Waals surface area (Å²) in [6, 6.07) is 16.8. The maximum Gasteiger partial charge on any atom is 0.239 e. The molecule has 0 saturated heterocycles.